The number of H-pyrrole nitrogens is 1. The molecule has 4 rings (SSSR count). The molecule has 158 valence electrons. The van der Waals surface area contributed by atoms with Crippen molar-refractivity contribution in [3.63, 3.8) is 0 Å². The number of nitrogens with zero attached hydrogens (tertiary/aromatic N) is 3. The molecule has 0 saturated heterocycles. The number of nitrogens with one attached hydrogen (secondary N) is 1. The van der Waals surface area contributed by atoms with Crippen molar-refractivity contribution in [2.24, 2.45) is 0 Å². The minimum absolute atomic E-state index is 0.0525. The molecule has 0 spiro atoms. The van der Waals surface area contributed by atoms with Crippen LogP contribution in [0.1, 0.15) is 35.4 Å². The molecule has 0 bridgehead atoms. The molecule has 6 heteroatoms. The molecule has 0 aliphatic carbocycles. The van der Waals surface area contributed by atoms with E-state index in [4.69, 9.17) is 0 Å². The van der Waals surface area contributed by atoms with Crippen LogP contribution in [0.2, 0.25) is 0 Å². The van der Waals surface area contributed by atoms with Gasteiger partial charge in [-0.15, -0.1) is 0 Å². The first-order valence-corrected chi connectivity index (χ1v) is 10.5. The zero-order chi connectivity index (χ0) is 21.6. The van der Waals surface area contributed by atoms with Crippen LogP contribution in [-0.2, 0) is 6.42 Å². The number of hydrogen-bond donors (Lipinski definition) is 1. The molecule has 0 aliphatic rings. The summed E-state index contributed by atoms with van der Waals surface area (Å²) in [5, 5.41) is 8.40. The van der Waals surface area contributed by atoms with Crippen LogP contribution in [0.5, 0.6) is 0 Å². The summed E-state index contributed by atoms with van der Waals surface area (Å²) in [4.78, 5) is 18.9. The fourth-order valence-corrected chi connectivity index (χ4v) is 3.58. The maximum atomic E-state index is 13.1. The summed E-state index contributed by atoms with van der Waals surface area (Å²) in [5.74, 6) is -0.303. The van der Waals surface area contributed by atoms with Crippen LogP contribution in [0.25, 0.3) is 22.2 Å². The van der Waals surface area contributed by atoms with Gasteiger partial charge < -0.3 is 4.90 Å². The Morgan fingerprint density at radius 3 is 2.65 bits per heavy atom. The van der Waals surface area contributed by atoms with Crippen LogP contribution in [0.3, 0.4) is 0 Å². The number of carbonyl (C=O) groups is 1. The first kappa shape index (κ1) is 20.7. The zero-order valence-electron chi connectivity index (χ0n) is 17.5. The summed E-state index contributed by atoms with van der Waals surface area (Å²) in [6, 6.07) is 19.9. The van der Waals surface area contributed by atoms with Crippen LogP contribution < -0.4 is 0 Å². The van der Waals surface area contributed by atoms with Crippen molar-refractivity contribution >= 4 is 16.8 Å². The van der Waals surface area contributed by atoms with Gasteiger partial charge in [0.1, 0.15) is 11.5 Å². The number of amides is 1. The van der Waals surface area contributed by atoms with Crippen molar-refractivity contribution in [1.29, 1.82) is 0 Å². The first-order valence-electron chi connectivity index (χ1n) is 10.5. The van der Waals surface area contributed by atoms with Crippen LogP contribution in [0.4, 0.5) is 4.39 Å². The Labute approximate surface area is 180 Å². The Hall–Kier alpha value is -3.54. The summed E-state index contributed by atoms with van der Waals surface area (Å²) < 4.78 is 13.1. The molecule has 0 saturated carbocycles. The zero-order valence-corrected chi connectivity index (χ0v) is 17.5. The molecule has 2 aromatic heterocycles. The fraction of sp³-hybridized carbons (Fsp3) is 0.240. The van der Waals surface area contributed by atoms with E-state index in [1.165, 1.54) is 12.1 Å². The van der Waals surface area contributed by atoms with Crippen molar-refractivity contribution in [1.82, 2.24) is 20.1 Å². The Bertz CT molecular complexity index is 1170. The Balaban J connectivity index is 1.22. The van der Waals surface area contributed by atoms with E-state index in [1.54, 1.807) is 23.1 Å². The second-order valence-corrected chi connectivity index (χ2v) is 7.71. The lowest BCUT2D eigenvalue weighted by atomic mass is 10.1. The van der Waals surface area contributed by atoms with Crippen LogP contribution in [0, 0.1) is 5.82 Å². The lowest BCUT2D eigenvalue weighted by Gasteiger charge is -2.16. The third-order valence-corrected chi connectivity index (χ3v) is 5.37. The Morgan fingerprint density at radius 2 is 1.81 bits per heavy atom. The van der Waals surface area contributed by atoms with Gasteiger partial charge in [0, 0.05) is 30.2 Å². The summed E-state index contributed by atoms with van der Waals surface area (Å²) in [6.07, 6.45) is 3.82. The number of unbranched alkanes of at least 4 members (excludes halogenated alkanes) is 2. The predicted octanol–water partition coefficient (Wildman–Crippen LogP) is 5.25. The molecule has 1 N–H and O–H groups in total. The topological polar surface area (TPSA) is 61.9 Å². The van der Waals surface area contributed by atoms with E-state index in [-0.39, 0.29) is 11.7 Å². The number of hydrogen-bond acceptors (Lipinski definition) is 3. The summed E-state index contributed by atoms with van der Waals surface area (Å²) in [7, 11) is 1.82. The maximum Gasteiger partial charge on any atom is 0.272 e. The molecular formula is C25H25FN4O. The largest absolute Gasteiger partial charge is 0.340 e. The number of pyridine rings is 1. The van der Waals surface area contributed by atoms with E-state index in [1.807, 2.05) is 43.4 Å². The van der Waals surface area contributed by atoms with Gasteiger partial charge in [0.25, 0.3) is 5.91 Å². The number of aromatic amines is 1. The lowest BCUT2D eigenvalue weighted by molar-refractivity contribution is 0.0787. The maximum absolute atomic E-state index is 13.1. The molecule has 1 amide bonds. The van der Waals surface area contributed by atoms with E-state index < -0.39 is 0 Å². The van der Waals surface area contributed by atoms with Crippen LogP contribution in [-0.4, -0.2) is 39.6 Å². The molecule has 0 unspecified atom stereocenters. The molecular weight excluding hydrogens is 391 g/mol. The number of aromatic nitrogens is 3. The van der Waals surface area contributed by atoms with Gasteiger partial charge in [0.15, 0.2) is 0 Å². The standard InChI is InChI=1S/C25H25FN4O/c1-30(25(31)23-15-12-18-7-4-5-9-22(18)27-23)16-6-2-3-8-21-17-24(29-28-21)19-10-13-20(26)14-11-19/h4-5,7,9-15,17H,2-3,6,8,16H2,1H3,(H,28,29). The van der Waals surface area contributed by atoms with Gasteiger partial charge >= 0.3 is 0 Å². The second-order valence-electron chi connectivity index (χ2n) is 7.71. The second kappa shape index (κ2) is 9.51. The number of rotatable bonds is 8. The Morgan fingerprint density at radius 1 is 1.00 bits per heavy atom. The molecule has 0 radical (unpaired) electrons. The van der Waals surface area contributed by atoms with Gasteiger partial charge in [0.05, 0.1) is 11.2 Å². The van der Waals surface area contributed by atoms with Crippen molar-refractivity contribution in [3.8, 4) is 11.3 Å². The van der Waals surface area contributed by atoms with Crippen molar-refractivity contribution in [2.45, 2.75) is 25.7 Å². The SMILES string of the molecule is CN(CCCCCc1cc(-c2ccc(F)cc2)n[nH]1)C(=O)c1ccc2ccccc2n1. The van der Waals surface area contributed by atoms with E-state index >= 15 is 0 Å². The quantitative estimate of drug-likeness (QED) is 0.399. The molecule has 2 aromatic carbocycles. The third kappa shape index (κ3) is 5.15. The monoisotopic (exact) mass is 416 g/mol. The molecule has 0 atom stereocenters. The number of halogens is 1. The molecule has 5 nitrogen and oxygen atoms in total. The number of carbonyl (C=O) groups excluding carboxylic acids is 1. The summed E-state index contributed by atoms with van der Waals surface area (Å²) >= 11 is 0. The normalized spacial score (nSPS) is 11.0. The summed E-state index contributed by atoms with van der Waals surface area (Å²) in [6.45, 7) is 0.692. The molecule has 0 aliphatic heterocycles. The van der Waals surface area contributed by atoms with Gasteiger partial charge in [-0.05, 0) is 61.7 Å². The minimum Gasteiger partial charge on any atom is -0.340 e. The van der Waals surface area contributed by atoms with Crippen molar-refractivity contribution in [3.05, 3.63) is 83.9 Å². The van der Waals surface area contributed by atoms with E-state index in [9.17, 15) is 9.18 Å². The summed E-state index contributed by atoms with van der Waals surface area (Å²) in [5.41, 5.74) is 4.09. The highest BCUT2D eigenvalue weighted by molar-refractivity contribution is 5.94. The average molecular weight is 417 g/mol. The van der Waals surface area contributed by atoms with Crippen LogP contribution in [0.15, 0.2) is 66.7 Å². The highest BCUT2D eigenvalue weighted by Crippen LogP contribution is 2.19. The highest BCUT2D eigenvalue weighted by Gasteiger charge is 2.13. The highest BCUT2D eigenvalue weighted by atomic mass is 19.1. The molecule has 31 heavy (non-hydrogen) atoms. The number of fused-ring (bicyclic) bond motifs is 1. The Kier molecular flexibility index (Phi) is 6.36. The fourth-order valence-electron chi connectivity index (χ4n) is 3.58. The van der Waals surface area contributed by atoms with Crippen molar-refractivity contribution in [2.75, 3.05) is 13.6 Å². The van der Waals surface area contributed by atoms with E-state index in [0.29, 0.717) is 12.2 Å². The number of para-hydroxylation sites is 1. The smallest absolute Gasteiger partial charge is 0.272 e. The van der Waals surface area contributed by atoms with E-state index in [2.05, 4.69) is 15.2 Å². The van der Waals surface area contributed by atoms with Gasteiger partial charge in [-0.2, -0.15) is 5.10 Å². The molecule has 0 fully saturated rings. The van der Waals surface area contributed by atoms with Gasteiger partial charge in [-0.3, -0.25) is 9.89 Å². The average Bonchev–Trinajstić information content (AvgIpc) is 3.27. The lowest BCUT2D eigenvalue weighted by Crippen LogP contribution is -2.28. The third-order valence-electron chi connectivity index (χ3n) is 5.37. The van der Waals surface area contributed by atoms with Crippen LogP contribution >= 0.6 is 0 Å². The first-order chi connectivity index (χ1) is 15.1. The van der Waals surface area contributed by atoms with Gasteiger partial charge in [-0.25, -0.2) is 9.37 Å². The molecule has 4 aromatic rings. The number of aryl methyl sites for hydroxylation is 1. The predicted molar refractivity (Wildman–Crippen MR) is 120 cm³/mol. The van der Waals surface area contributed by atoms with Gasteiger partial charge in [0.2, 0.25) is 0 Å². The number of benzene rings is 2. The minimum atomic E-state index is -0.251. The molecule has 2 heterocycles. The van der Waals surface area contributed by atoms with Gasteiger partial charge in [-0.1, -0.05) is 30.7 Å². The van der Waals surface area contributed by atoms with E-state index in [0.717, 1.165) is 53.5 Å². The van der Waals surface area contributed by atoms with Crippen molar-refractivity contribution < 1.29 is 9.18 Å².